The van der Waals surface area contributed by atoms with E-state index in [2.05, 4.69) is 10.5 Å². The van der Waals surface area contributed by atoms with Crippen LogP contribution >= 0.6 is 11.3 Å². The molecular formula is C8H11N3OS. The number of carbonyl (C=O) groups excluding carboxylic acids is 1. The van der Waals surface area contributed by atoms with Crippen LogP contribution in [0.4, 0.5) is 5.00 Å². The van der Waals surface area contributed by atoms with Crippen molar-refractivity contribution in [3.05, 3.63) is 17.0 Å². The minimum absolute atomic E-state index is 0.539. The lowest BCUT2D eigenvalue weighted by atomic mass is 10.5. The highest BCUT2D eigenvalue weighted by molar-refractivity contribution is 7.17. The van der Waals surface area contributed by atoms with Gasteiger partial charge < -0.3 is 4.90 Å². The van der Waals surface area contributed by atoms with Gasteiger partial charge in [0.2, 0.25) is 6.41 Å². The SMILES string of the molecule is CN(C)c1ccc(/C=N/NC=O)s1. The van der Waals surface area contributed by atoms with Crippen molar-refractivity contribution in [2.75, 3.05) is 19.0 Å². The first kappa shape index (κ1) is 9.73. The highest BCUT2D eigenvalue weighted by Crippen LogP contribution is 2.22. The first-order chi connectivity index (χ1) is 6.24. The predicted molar refractivity (Wildman–Crippen MR) is 55.4 cm³/mol. The third kappa shape index (κ3) is 2.87. The number of nitrogens with zero attached hydrogens (tertiary/aromatic N) is 2. The maximum Gasteiger partial charge on any atom is 0.227 e. The fourth-order valence-electron chi connectivity index (χ4n) is 0.783. The number of anilines is 1. The fraction of sp³-hybridized carbons (Fsp3) is 0.250. The molecule has 0 aromatic carbocycles. The van der Waals surface area contributed by atoms with E-state index in [1.54, 1.807) is 17.6 Å². The van der Waals surface area contributed by atoms with Gasteiger partial charge in [-0.15, -0.1) is 11.3 Å². The topological polar surface area (TPSA) is 44.7 Å². The number of rotatable bonds is 4. The molecule has 0 aliphatic heterocycles. The smallest absolute Gasteiger partial charge is 0.227 e. The number of carbonyl (C=O) groups is 1. The number of hydrogen-bond donors (Lipinski definition) is 1. The van der Waals surface area contributed by atoms with Crippen molar-refractivity contribution in [3.8, 4) is 0 Å². The molecule has 0 unspecified atom stereocenters. The Balaban J connectivity index is 2.63. The third-order valence-electron chi connectivity index (χ3n) is 1.37. The van der Waals surface area contributed by atoms with Crippen LogP contribution in [-0.2, 0) is 4.79 Å². The van der Waals surface area contributed by atoms with Crippen LogP contribution in [0, 0.1) is 0 Å². The standard InChI is InChI=1S/C8H11N3OS/c1-11(2)8-4-3-7(13-8)5-9-10-6-12/h3-6H,1-2H3,(H,10,12)/b9-5+. The summed E-state index contributed by atoms with van der Waals surface area (Å²) in [5.74, 6) is 0. The van der Waals surface area contributed by atoms with E-state index in [0.29, 0.717) is 6.41 Å². The first-order valence-corrected chi connectivity index (χ1v) is 4.55. The van der Waals surface area contributed by atoms with Gasteiger partial charge in [-0.25, -0.2) is 5.43 Å². The lowest BCUT2D eigenvalue weighted by Gasteiger charge is -2.06. The Morgan fingerprint density at radius 3 is 2.85 bits per heavy atom. The molecule has 4 nitrogen and oxygen atoms in total. The lowest BCUT2D eigenvalue weighted by Crippen LogP contribution is -2.05. The molecule has 5 heteroatoms. The third-order valence-corrected chi connectivity index (χ3v) is 2.56. The summed E-state index contributed by atoms with van der Waals surface area (Å²) in [5.41, 5.74) is 2.22. The molecule has 0 atom stereocenters. The molecule has 0 spiro atoms. The zero-order chi connectivity index (χ0) is 9.68. The van der Waals surface area contributed by atoms with Crippen LogP contribution in [0.1, 0.15) is 4.88 Å². The van der Waals surface area contributed by atoms with Crippen molar-refractivity contribution in [1.29, 1.82) is 0 Å². The summed E-state index contributed by atoms with van der Waals surface area (Å²) in [6.45, 7) is 0. The molecule has 1 rings (SSSR count). The van der Waals surface area contributed by atoms with E-state index in [1.165, 1.54) is 0 Å². The summed E-state index contributed by atoms with van der Waals surface area (Å²) in [4.78, 5) is 12.9. The normalized spacial score (nSPS) is 10.3. The van der Waals surface area contributed by atoms with Gasteiger partial charge in [0.05, 0.1) is 11.2 Å². The fourth-order valence-corrected chi connectivity index (χ4v) is 1.58. The second kappa shape index (κ2) is 4.61. The molecule has 1 N–H and O–H groups in total. The Morgan fingerprint density at radius 1 is 1.54 bits per heavy atom. The van der Waals surface area contributed by atoms with Crippen molar-refractivity contribution < 1.29 is 4.79 Å². The molecule has 1 amide bonds. The molecule has 1 aromatic heterocycles. The lowest BCUT2D eigenvalue weighted by molar-refractivity contribution is -0.109. The van der Waals surface area contributed by atoms with Gasteiger partial charge in [-0.1, -0.05) is 0 Å². The summed E-state index contributed by atoms with van der Waals surface area (Å²) in [5, 5.41) is 4.84. The molecule has 70 valence electrons. The van der Waals surface area contributed by atoms with E-state index < -0.39 is 0 Å². The summed E-state index contributed by atoms with van der Waals surface area (Å²) in [6, 6.07) is 3.96. The molecule has 0 saturated heterocycles. The maximum absolute atomic E-state index is 9.88. The van der Waals surface area contributed by atoms with E-state index in [1.807, 2.05) is 31.1 Å². The predicted octanol–water partition coefficient (Wildman–Crippen LogP) is 0.894. The largest absolute Gasteiger partial charge is 0.370 e. The van der Waals surface area contributed by atoms with Crippen molar-refractivity contribution in [2.45, 2.75) is 0 Å². The van der Waals surface area contributed by atoms with Gasteiger partial charge in [0, 0.05) is 19.0 Å². The molecular weight excluding hydrogens is 186 g/mol. The Morgan fingerprint density at radius 2 is 2.31 bits per heavy atom. The molecule has 0 fully saturated rings. The quantitative estimate of drug-likeness (QED) is 0.442. The Kier molecular flexibility index (Phi) is 3.45. The van der Waals surface area contributed by atoms with Crippen LogP contribution in [-0.4, -0.2) is 26.7 Å². The highest BCUT2D eigenvalue weighted by atomic mass is 32.1. The van der Waals surface area contributed by atoms with Crippen molar-refractivity contribution in [1.82, 2.24) is 5.43 Å². The highest BCUT2D eigenvalue weighted by Gasteiger charge is 1.98. The van der Waals surface area contributed by atoms with E-state index in [4.69, 9.17) is 0 Å². The van der Waals surface area contributed by atoms with Gasteiger partial charge in [-0.05, 0) is 12.1 Å². The molecule has 0 aliphatic carbocycles. The number of thiophene rings is 1. The summed E-state index contributed by atoms with van der Waals surface area (Å²) in [7, 11) is 3.97. The van der Waals surface area contributed by atoms with Crippen LogP contribution in [0.5, 0.6) is 0 Å². The average molecular weight is 197 g/mol. The van der Waals surface area contributed by atoms with Crippen LogP contribution in [0.15, 0.2) is 17.2 Å². The summed E-state index contributed by atoms with van der Waals surface area (Å²) in [6.07, 6.45) is 2.16. The van der Waals surface area contributed by atoms with Gasteiger partial charge in [0.15, 0.2) is 0 Å². The average Bonchev–Trinajstić information content (AvgIpc) is 2.53. The van der Waals surface area contributed by atoms with Gasteiger partial charge in [-0.2, -0.15) is 5.10 Å². The van der Waals surface area contributed by atoms with Crippen LogP contribution in [0.3, 0.4) is 0 Å². The Labute approximate surface area is 80.9 Å². The van der Waals surface area contributed by atoms with E-state index in [9.17, 15) is 4.79 Å². The minimum atomic E-state index is 0.539. The second-order valence-corrected chi connectivity index (χ2v) is 3.67. The molecule has 1 aromatic rings. The second-order valence-electron chi connectivity index (χ2n) is 2.58. The monoisotopic (exact) mass is 197 g/mol. The van der Waals surface area contributed by atoms with Gasteiger partial charge in [0.25, 0.3) is 0 Å². The molecule has 0 saturated carbocycles. The number of amides is 1. The zero-order valence-electron chi connectivity index (χ0n) is 7.52. The van der Waals surface area contributed by atoms with Crippen molar-refractivity contribution in [3.63, 3.8) is 0 Å². The van der Waals surface area contributed by atoms with E-state index in [0.717, 1.165) is 9.88 Å². The number of nitrogens with one attached hydrogen (secondary N) is 1. The Bertz CT molecular complexity index is 306. The Hall–Kier alpha value is -1.36. The minimum Gasteiger partial charge on any atom is -0.370 e. The molecule has 0 bridgehead atoms. The van der Waals surface area contributed by atoms with Crippen molar-refractivity contribution in [2.24, 2.45) is 5.10 Å². The van der Waals surface area contributed by atoms with Crippen LogP contribution < -0.4 is 10.3 Å². The summed E-state index contributed by atoms with van der Waals surface area (Å²) < 4.78 is 0. The number of hydrogen-bond acceptors (Lipinski definition) is 4. The number of hydrazone groups is 1. The van der Waals surface area contributed by atoms with Gasteiger partial charge >= 0.3 is 0 Å². The van der Waals surface area contributed by atoms with Crippen LogP contribution in [0.25, 0.3) is 0 Å². The molecule has 0 radical (unpaired) electrons. The van der Waals surface area contributed by atoms with Gasteiger partial charge in [-0.3, -0.25) is 4.79 Å². The van der Waals surface area contributed by atoms with E-state index >= 15 is 0 Å². The molecule has 0 aliphatic rings. The molecule has 1 heterocycles. The first-order valence-electron chi connectivity index (χ1n) is 3.73. The van der Waals surface area contributed by atoms with Crippen LogP contribution in [0.2, 0.25) is 0 Å². The molecule has 13 heavy (non-hydrogen) atoms. The van der Waals surface area contributed by atoms with E-state index in [-0.39, 0.29) is 0 Å². The maximum atomic E-state index is 9.88. The summed E-state index contributed by atoms with van der Waals surface area (Å²) >= 11 is 1.61. The zero-order valence-corrected chi connectivity index (χ0v) is 8.34. The van der Waals surface area contributed by atoms with Gasteiger partial charge in [0.1, 0.15) is 0 Å². The van der Waals surface area contributed by atoms with Crippen molar-refractivity contribution >= 4 is 29.0 Å².